The number of hydrogen-bond donors (Lipinski definition) is 9. The van der Waals surface area contributed by atoms with Crippen LogP contribution in [0.15, 0.2) is 21.9 Å². The molecular weight excluding hydrogens is 538 g/mol. The number of H-pyrrole nitrogens is 1. The van der Waals surface area contributed by atoms with Crippen molar-refractivity contribution in [3.05, 3.63) is 33.1 Å². The molecule has 206 valence electrons. The third kappa shape index (κ3) is 6.54. The molecule has 2 fully saturated rings. The van der Waals surface area contributed by atoms with Crippen LogP contribution >= 0.6 is 15.6 Å². The van der Waals surface area contributed by atoms with Crippen molar-refractivity contribution >= 4 is 15.6 Å². The standard InChI is InChI=1S/C15H26N4O15P2/c16-3-5-9(21)11(23)8(17)14(32-5)33-36(28,29)34-35(26,27)30-4-6-10(22)12(24)13(31-6)19-2-1-7(20)18-15(19)25/h1-2,5-6,8-14,21-24H,3-4,16-17H2,(H,26,27)(H,28,29)(H,18,20,25)/t5?,6?,8?,9-,10+,11+,12+,13?,14+/m0/s1. The summed E-state index contributed by atoms with van der Waals surface area (Å²) in [5.41, 5.74) is 9.24. The number of phosphoric ester groups is 2. The van der Waals surface area contributed by atoms with E-state index >= 15 is 0 Å². The van der Waals surface area contributed by atoms with Crippen molar-refractivity contribution in [3.63, 3.8) is 0 Å². The monoisotopic (exact) mass is 564 g/mol. The molecular formula is C15H26N4O15P2. The minimum Gasteiger partial charge on any atom is -0.388 e. The van der Waals surface area contributed by atoms with Crippen LogP contribution in [-0.2, 0) is 32.0 Å². The number of aromatic nitrogens is 2. The van der Waals surface area contributed by atoms with Crippen molar-refractivity contribution in [3.8, 4) is 0 Å². The summed E-state index contributed by atoms with van der Waals surface area (Å²) >= 11 is 0. The molecule has 11 atom stereocenters. The Morgan fingerprint density at radius 2 is 1.64 bits per heavy atom. The number of ether oxygens (including phenoxy) is 2. The summed E-state index contributed by atoms with van der Waals surface area (Å²) in [6.07, 6.45) is -12.0. The van der Waals surface area contributed by atoms with Crippen LogP contribution in [0.5, 0.6) is 0 Å². The van der Waals surface area contributed by atoms with E-state index in [1.54, 1.807) is 0 Å². The number of aliphatic hydroxyl groups is 4. The summed E-state index contributed by atoms with van der Waals surface area (Å²) in [5, 5.41) is 40.0. The Morgan fingerprint density at radius 1 is 1.00 bits per heavy atom. The predicted octanol–water partition coefficient (Wildman–Crippen LogP) is -4.86. The van der Waals surface area contributed by atoms with Crippen molar-refractivity contribution in [2.75, 3.05) is 13.2 Å². The molecule has 36 heavy (non-hydrogen) atoms. The van der Waals surface area contributed by atoms with Gasteiger partial charge in [0.2, 0.25) is 0 Å². The van der Waals surface area contributed by atoms with Crippen molar-refractivity contribution < 1.29 is 62.2 Å². The second-order valence-corrected chi connectivity index (χ2v) is 10.8. The Morgan fingerprint density at radius 3 is 2.25 bits per heavy atom. The summed E-state index contributed by atoms with van der Waals surface area (Å²) in [6, 6.07) is -0.637. The predicted molar refractivity (Wildman–Crippen MR) is 113 cm³/mol. The fourth-order valence-corrected chi connectivity index (χ4v) is 5.61. The molecule has 2 saturated heterocycles. The molecule has 6 unspecified atom stereocenters. The highest BCUT2D eigenvalue weighted by Gasteiger charge is 2.49. The lowest BCUT2D eigenvalue weighted by atomic mass is 9.98. The van der Waals surface area contributed by atoms with Gasteiger partial charge < -0.3 is 51.2 Å². The number of aromatic amines is 1. The molecule has 0 spiro atoms. The average molecular weight is 564 g/mol. The second-order valence-electron chi connectivity index (χ2n) is 7.82. The van der Waals surface area contributed by atoms with Crippen LogP contribution in [0.4, 0.5) is 0 Å². The van der Waals surface area contributed by atoms with Gasteiger partial charge in [0, 0.05) is 18.8 Å². The van der Waals surface area contributed by atoms with Crippen molar-refractivity contribution in [1.29, 1.82) is 0 Å². The van der Waals surface area contributed by atoms with Gasteiger partial charge in [0.15, 0.2) is 12.5 Å². The number of rotatable bonds is 9. The lowest BCUT2D eigenvalue weighted by Crippen LogP contribution is -2.62. The number of aliphatic hydroxyl groups excluding tert-OH is 4. The third-order valence-corrected chi connectivity index (χ3v) is 7.89. The molecule has 1 aromatic rings. The van der Waals surface area contributed by atoms with Crippen molar-refractivity contribution in [2.45, 2.75) is 55.2 Å². The molecule has 0 aliphatic carbocycles. The zero-order chi connectivity index (χ0) is 27.0. The summed E-state index contributed by atoms with van der Waals surface area (Å²) in [6.45, 7) is -1.33. The largest absolute Gasteiger partial charge is 0.483 e. The number of nitrogens with zero attached hydrogens (tertiary/aromatic N) is 1. The van der Waals surface area contributed by atoms with E-state index in [1.807, 2.05) is 4.98 Å². The fourth-order valence-electron chi connectivity index (χ4n) is 3.44. The molecule has 0 radical (unpaired) electrons. The van der Waals surface area contributed by atoms with Gasteiger partial charge in [-0.25, -0.2) is 13.9 Å². The van der Waals surface area contributed by atoms with Gasteiger partial charge in [-0.1, -0.05) is 0 Å². The second kappa shape index (κ2) is 11.2. The van der Waals surface area contributed by atoms with E-state index in [0.717, 1.165) is 16.8 Å². The van der Waals surface area contributed by atoms with E-state index in [1.165, 1.54) is 0 Å². The zero-order valence-electron chi connectivity index (χ0n) is 18.1. The fraction of sp³-hybridized carbons (Fsp3) is 0.733. The van der Waals surface area contributed by atoms with E-state index in [-0.39, 0.29) is 6.54 Å². The number of nitrogens with two attached hydrogens (primary N) is 2. The van der Waals surface area contributed by atoms with Gasteiger partial charge in [0.05, 0.1) is 12.6 Å². The molecule has 19 nitrogen and oxygen atoms in total. The van der Waals surface area contributed by atoms with Gasteiger partial charge >= 0.3 is 21.3 Å². The van der Waals surface area contributed by atoms with E-state index < -0.39 is 88.7 Å². The molecule has 2 aliphatic heterocycles. The maximum Gasteiger partial charge on any atom is 0.483 e. The van der Waals surface area contributed by atoms with Crippen LogP contribution in [0.25, 0.3) is 0 Å². The van der Waals surface area contributed by atoms with Crippen molar-refractivity contribution in [2.24, 2.45) is 11.5 Å². The summed E-state index contributed by atoms with van der Waals surface area (Å²) in [7, 11) is -10.9. The van der Waals surface area contributed by atoms with E-state index in [9.17, 15) is 48.9 Å². The topological polar surface area (TPSA) is 309 Å². The van der Waals surface area contributed by atoms with Gasteiger partial charge in [-0.3, -0.25) is 23.4 Å². The van der Waals surface area contributed by atoms with Crippen molar-refractivity contribution in [1.82, 2.24) is 9.55 Å². The first-order chi connectivity index (χ1) is 16.7. The first kappa shape index (κ1) is 29.2. The van der Waals surface area contributed by atoms with Crippen LogP contribution in [0.2, 0.25) is 0 Å². The highest BCUT2D eigenvalue weighted by Crippen LogP contribution is 2.61. The highest BCUT2D eigenvalue weighted by molar-refractivity contribution is 7.61. The van der Waals surface area contributed by atoms with Gasteiger partial charge in [-0.2, -0.15) is 4.31 Å². The normalized spacial score (nSPS) is 38.4. The first-order valence-corrected chi connectivity index (χ1v) is 13.1. The Kier molecular flexibility index (Phi) is 9.05. The maximum atomic E-state index is 12.2. The summed E-state index contributed by atoms with van der Waals surface area (Å²) < 4.78 is 48.8. The Bertz CT molecular complexity index is 1130. The molecule has 0 amide bonds. The number of phosphoric acid groups is 2. The molecule has 11 N–H and O–H groups in total. The molecule has 21 heteroatoms. The molecule has 2 aliphatic rings. The smallest absolute Gasteiger partial charge is 0.388 e. The average Bonchev–Trinajstić information content (AvgIpc) is 3.06. The molecule has 3 heterocycles. The van der Waals surface area contributed by atoms with E-state index in [4.69, 9.17) is 20.9 Å². The number of nitrogens with one attached hydrogen (secondary N) is 1. The highest BCUT2D eigenvalue weighted by atomic mass is 31.3. The van der Waals surface area contributed by atoms with Gasteiger partial charge in [-0.15, -0.1) is 0 Å². The minimum absolute atomic E-state index is 0.343. The third-order valence-electron chi connectivity index (χ3n) is 5.29. The lowest BCUT2D eigenvalue weighted by molar-refractivity contribution is -0.232. The Labute approximate surface area is 201 Å². The van der Waals surface area contributed by atoms with Crippen LogP contribution in [0.3, 0.4) is 0 Å². The molecule has 0 saturated carbocycles. The first-order valence-electron chi connectivity index (χ1n) is 10.2. The Hall–Kier alpha value is -1.38. The van der Waals surface area contributed by atoms with Crippen LogP contribution in [0.1, 0.15) is 6.23 Å². The zero-order valence-corrected chi connectivity index (χ0v) is 19.9. The minimum atomic E-state index is -5.47. The maximum absolute atomic E-state index is 12.2. The SMILES string of the molecule is NCC1O[C@H](OP(=O)(O)OP(=O)(O)OCC2OC(n3ccc(=O)[nH]c3=O)[C@H](O)[C@@H]2O)C(N)[C@@H](O)[C@H]1O. The molecule has 0 aromatic carbocycles. The lowest BCUT2D eigenvalue weighted by Gasteiger charge is -2.40. The van der Waals surface area contributed by atoms with Crippen LogP contribution in [0, 0.1) is 0 Å². The Balaban J connectivity index is 1.61. The summed E-state index contributed by atoms with van der Waals surface area (Å²) in [5.74, 6) is 0. The molecule has 3 rings (SSSR count). The van der Waals surface area contributed by atoms with Gasteiger partial charge in [-0.05, 0) is 0 Å². The number of hydrogen-bond acceptors (Lipinski definition) is 15. The van der Waals surface area contributed by atoms with Gasteiger partial charge in [0.1, 0.15) is 36.6 Å². The van der Waals surface area contributed by atoms with E-state index in [2.05, 4.69) is 13.4 Å². The molecule has 0 bridgehead atoms. The quantitative estimate of drug-likeness (QED) is 0.127. The summed E-state index contributed by atoms with van der Waals surface area (Å²) in [4.78, 5) is 44.7. The van der Waals surface area contributed by atoms with Crippen LogP contribution < -0.4 is 22.7 Å². The van der Waals surface area contributed by atoms with E-state index in [0.29, 0.717) is 0 Å². The molecule has 1 aromatic heterocycles. The van der Waals surface area contributed by atoms with Gasteiger partial charge in [0.25, 0.3) is 5.56 Å². The van der Waals surface area contributed by atoms with Crippen LogP contribution in [-0.4, -0.2) is 102 Å².